The quantitative estimate of drug-likeness (QED) is 0.771. The molecule has 7 heteroatoms. The van der Waals surface area contributed by atoms with Crippen LogP contribution in [-0.4, -0.2) is 39.9 Å². The SMILES string of the molecule is CCCn1ccnc1CNC(=O)C1CC(=O)N(Cc2ccccc2OC)C1. The predicted molar refractivity (Wildman–Crippen MR) is 101 cm³/mol. The van der Waals surface area contributed by atoms with Crippen LogP contribution < -0.4 is 10.1 Å². The molecule has 2 heterocycles. The van der Waals surface area contributed by atoms with Gasteiger partial charge < -0.3 is 19.5 Å². The van der Waals surface area contributed by atoms with Crippen LogP contribution in [0, 0.1) is 5.92 Å². The number of nitrogens with zero attached hydrogens (tertiary/aromatic N) is 3. The lowest BCUT2D eigenvalue weighted by molar-refractivity contribution is -0.129. The molecule has 2 aromatic rings. The molecule has 3 rings (SSSR count). The van der Waals surface area contributed by atoms with Gasteiger partial charge in [-0.05, 0) is 12.5 Å². The average molecular weight is 370 g/mol. The Morgan fingerprint density at radius 1 is 1.37 bits per heavy atom. The average Bonchev–Trinajstić information content (AvgIpc) is 3.27. The number of aryl methyl sites for hydroxylation is 1. The van der Waals surface area contributed by atoms with E-state index in [9.17, 15) is 9.59 Å². The first-order valence-electron chi connectivity index (χ1n) is 9.29. The minimum atomic E-state index is -0.332. The van der Waals surface area contributed by atoms with Crippen LogP contribution in [0.5, 0.6) is 5.75 Å². The number of likely N-dealkylation sites (tertiary alicyclic amines) is 1. The van der Waals surface area contributed by atoms with E-state index in [-0.39, 0.29) is 24.2 Å². The molecule has 1 fully saturated rings. The molecule has 7 nitrogen and oxygen atoms in total. The molecule has 0 saturated carbocycles. The number of benzene rings is 1. The number of amides is 2. The van der Waals surface area contributed by atoms with E-state index < -0.39 is 0 Å². The number of imidazole rings is 1. The van der Waals surface area contributed by atoms with Crippen LogP contribution in [-0.2, 0) is 29.2 Å². The molecule has 27 heavy (non-hydrogen) atoms. The summed E-state index contributed by atoms with van der Waals surface area (Å²) in [7, 11) is 1.61. The molecule has 1 saturated heterocycles. The van der Waals surface area contributed by atoms with Crippen molar-refractivity contribution in [2.24, 2.45) is 5.92 Å². The summed E-state index contributed by atoms with van der Waals surface area (Å²) >= 11 is 0. The lowest BCUT2D eigenvalue weighted by atomic mass is 10.1. The fourth-order valence-electron chi connectivity index (χ4n) is 3.40. The highest BCUT2D eigenvalue weighted by Crippen LogP contribution is 2.24. The maximum Gasteiger partial charge on any atom is 0.225 e. The Morgan fingerprint density at radius 2 is 2.19 bits per heavy atom. The topological polar surface area (TPSA) is 76.5 Å². The van der Waals surface area contributed by atoms with Crippen LogP contribution in [0.3, 0.4) is 0 Å². The van der Waals surface area contributed by atoms with Gasteiger partial charge in [-0.3, -0.25) is 9.59 Å². The first-order valence-corrected chi connectivity index (χ1v) is 9.29. The maximum atomic E-state index is 12.5. The summed E-state index contributed by atoms with van der Waals surface area (Å²) in [4.78, 5) is 30.9. The van der Waals surface area contributed by atoms with Crippen molar-refractivity contribution in [3.05, 3.63) is 48.0 Å². The summed E-state index contributed by atoms with van der Waals surface area (Å²) in [5.74, 6) is 1.15. The molecular formula is C20H26N4O3. The molecule has 0 spiro atoms. The van der Waals surface area contributed by atoms with Gasteiger partial charge >= 0.3 is 0 Å². The van der Waals surface area contributed by atoms with Crippen LogP contribution in [0.15, 0.2) is 36.7 Å². The van der Waals surface area contributed by atoms with Crippen molar-refractivity contribution in [2.75, 3.05) is 13.7 Å². The van der Waals surface area contributed by atoms with Crippen molar-refractivity contribution in [3.63, 3.8) is 0 Å². The van der Waals surface area contributed by atoms with E-state index >= 15 is 0 Å². The predicted octanol–water partition coefficient (Wildman–Crippen LogP) is 1.97. The molecule has 1 aromatic carbocycles. The van der Waals surface area contributed by atoms with Gasteiger partial charge in [-0.1, -0.05) is 25.1 Å². The number of para-hydroxylation sites is 1. The second kappa shape index (κ2) is 8.70. The van der Waals surface area contributed by atoms with Gasteiger partial charge in [0.25, 0.3) is 0 Å². The van der Waals surface area contributed by atoms with Gasteiger partial charge in [0.1, 0.15) is 11.6 Å². The van der Waals surface area contributed by atoms with Crippen molar-refractivity contribution < 1.29 is 14.3 Å². The monoisotopic (exact) mass is 370 g/mol. The number of carbonyl (C=O) groups excluding carboxylic acids is 2. The smallest absolute Gasteiger partial charge is 0.225 e. The Balaban J connectivity index is 1.56. The highest BCUT2D eigenvalue weighted by atomic mass is 16.5. The summed E-state index contributed by atoms with van der Waals surface area (Å²) < 4.78 is 7.39. The first kappa shape index (κ1) is 18.9. The van der Waals surface area contributed by atoms with Crippen molar-refractivity contribution in [2.45, 2.75) is 39.4 Å². The Labute approximate surface area is 159 Å². The fraction of sp³-hybridized carbons (Fsp3) is 0.450. The lowest BCUT2D eigenvalue weighted by Gasteiger charge is -2.18. The van der Waals surface area contributed by atoms with Crippen LogP contribution in [0.25, 0.3) is 0 Å². The molecule has 1 unspecified atom stereocenters. The number of aromatic nitrogens is 2. The second-order valence-corrected chi connectivity index (χ2v) is 6.74. The summed E-state index contributed by atoms with van der Waals surface area (Å²) in [6, 6.07) is 7.62. The highest BCUT2D eigenvalue weighted by molar-refractivity contribution is 5.89. The molecule has 2 amide bonds. The summed E-state index contributed by atoms with van der Waals surface area (Å²) in [5.41, 5.74) is 0.941. The third kappa shape index (κ3) is 4.48. The van der Waals surface area contributed by atoms with E-state index in [1.54, 1.807) is 18.2 Å². The minimum absolute atomic E-state index is 0.00598. The molecule has 0 radical (unpaired) electrons. The number of carbonyl (C=O) groups is 2. The number of rotatable bonds is 8. The summed E-state index contributed by atoms with van der Waals surface area (Å²) in [6.07, 6.45) is 4.90. The third-order valence-corrected chi connectivity index (χ3v) is 4.83. The Morgan fingerprint density at radius 3 is 2.96 bits per heavy atom. The normalized spacial score (nSPS) is 16.6. The molecule has 1 aliphatic rings. The molecule has 1 atom stereocenters. The lowest BCUT2D eigenvalue weighted by Crippen LogP contribution is -2.33. The molecule has 1 aliphatic heterocycles. The first-order chi connectivity index (χ1) is 13.1. The van der Waals surface area contributed by atoms with Gasteiger partial charge in [0, 0.05) is 44.0 Å². The highest BCUT2D eigenvalue weighted by Gasteiger charge is 2.34. The van der Waals surface area contributed by atoms with E-state index in [1.165, 1.54) is 0 Å². The van der Waals surface area contributed by atoms with Crippen LogP contribution in [0.2, 0.25) is 0 Å². The van der Waals surface area contributed by atoms with E-state index in [2.05, 4.69) is 17.2 Å². The van der Waals surface area contributed by atoms with Crippen LogP contribution >= 0.6 is 0 Å². The number of ether oxygens (including phenoxy) is 1. The van der Waals surface area contributed by atoms with Crippen LogP contribution in [0.1, 0.15) is 31.2 Å². The van der Waals surface area contributed by atoms with Crippen molar-refractivity contribution in [1.82, 2.24) is 19.8 Å². The number of hydrogen-bond acceptors (Lipinski definition) is 4. The van der Waals surface area contributed by atoms with Gasteiger partial charge in [-0.2, -0.15) is 0 Å². The van der Waals surface area contributed by atoms with Crippen molar-refractivity contribution in [1.29, 1.82) is 0 Å². The van der Waals surface area contributed by atoms with E-state index in [4.69, 9.17) is 4.74 Å². The van der Waals surface area contributed by atoms with Crippen LogP contribution in [0.4, 0.5) is 0 Å². The van der Waals surface area contributed by atoms with Gasteiger partial charge in [-0.25, -0.2) is 4.98 Å². The zero-order chi connectivity index (χ0) is 19.2. The Hall–Kier alpha value is -2.83. The minimum Gasteiger partial charge on any atom is -0.496 e. The zero-order valence-electron chi connectivity index (χ0n) is 15.9. The van der Waals surface area contributed by atoms with Gasteiger partial charge in [-0.15, -0.1) is 0 Å². The van der Waals surface area contributed by atoms with Crippen molar-refractivity contribution >= 4 is 11.8 Å². The third-order valence-electron chi connectivity index (χ3n) is 4.83. The van der Waals surface area contributed by atoms with Gasteiger partial charge in [0.15, 0.2) is 0 Å². The molecule has 0 bridgehead atoms. The summed E-state index contributed by atoms with van der Waals surface area (Å²) in [5, 5.41) is 2.93. The summed E-state index contributed by atoms with van der Waals surface area (Å²) in [6.45, 7) is 4.23. The standard InChI is InChI=1S/C20H26N4O3/c1-3-9-23-10-8-21-18(23)12-22-20(26)16-11-19(25)24(14-16)13-15-6-4-5-7-17(15)27-2/h4-8,10,16H,3,9,11-14H2,1-2H3,(H,22,26). The van der Waals surface area contributed by atoms with Gasteiger partial charge in [0.05, 0.1) is 19.6 Å². The van der Waals surface area contributed by atoms with Gasteiger partial charge in [0.2, 0.25) is 11.8 Å². The molecule has 0 aliphatic carbocycles. The van der Waals surface area contributed by atoms with Crippen molar-refractivity contribution in [3.8, 4) is 5.75 Å². The number of methoxy groups -OCH3 is 1. The van der Waals surface area contributed by atoms with E-state index in [0.29, 0.717) is 19.6 Å². The zero-order valence-corrected chi connectivity index (χ0v) is 15.9. The molecular weight excluding hydrogens is 344 g/mol. The molecule has 144 valence electrons. The second-order valence-electron chi connectivity index (χ2n) is 6.74. The number of nitrogens with one attached hydrogen (secondary N) is 1. The van der Waals surface area contributed by atoms with E-state index in [0.717, 1.165) is 30.1 Å². The Bertz CT molecular complexity index is 802. The molecule has 1 N–H and O–H groups in total. The maximum absolute atomic E-state index is 12.5. The molecule has 1 aromatic heterocycles. The largest absolute Gasteiger partial charge is 0.496 e. The number of hydrogen-bond donors (Lipinski definition) is 1. The fourth-order valence-corrected chi connectivity index (χ4v) is 3.40. The van der Waals surface area contributed by atoms with E-state index in [1.807, 2.05) is 35.0 Å². The Kier molecular flexibility index (Phi) is 6.11.